The van der Waals surface area contributed by atoms with Crippen LogP contribution in [0.25, 0.3) is 0 Å². The number of H-pyrrole nitrogens is 1. The van der Waals surface area contributed by atoms with Crippen LogP contribution in [0.15, 0.2) is 18.6 Å². The van der Waals surface area contributed by atoms with Crippen LogP contribution in [0, 0.1) is 0 Å². The van der Waals surface area contributed by atoms with Crippen LogP contribution in [0.4, 0.5) is 5.82 Å². The van der Waals surface area contributed by atoms with E-state index < -0.39 is 0 Å². The number of carbonyl (C=O) groups is 1. The molecule has 9 nitrogen and oxygen atoms in total. The van der Waals surface area contributed by atoms with Gasteiger partial charge >= 0.3 is 0 Å². The Hall–Kier alpha value is -2.58. The van der Waals surface area contributed by atoms with Crippen molar-refractivity contribution >= 4 is 11.7 Å². The molecule has 0 spiro atoms. The summed E-state index contributed by atoms with van der Waals surface area (Å²) in [5, 5.41) is 13.1. The van der Waals surface area contributed by atoms with E-state index in [1.54, 1.807) is 23.5 Å². The van der Waals surface area contributed by atoms with E-state index in [-0.39, 0.29) is 11.7 Å². The van der Waals surface area contributed by atoms with Crippen LogP contribution in [-0.2, 0) is 0 Å². The summed E-state index contributed by atoms with van der Waals surface area (Å²) in [5.41, 5.74) is 0. The van der Waals surface area contributed by atoms with E-state index in [9.17, 15) is 4.79 Å². The highest BCUT2D eigenvalue weighted by molar-refractivity contribution is 5.90. The molecule has 0 unspecified atom stereocenters. The van der Waals surface area contributed by atoms with Gasteiger partial charge in [-0.1, -0.05) is 0 Å². The Kier molecular flexibility index (Phi) is 3.01. The second-order valence-electron chi connectivity index (χ2n) is 4.08. The molecule has 2 aromatic heterocycles. The summed E-state index contributed by atoms with van der Waals surface area (Å²) in [7, 11) is 0. The molecule has 2 aromatic rings. The summed E-state index contributed by atoms with van der Waals surface area (Å²) in [6, 6.07) is 0. The van der Waals surface area contributed by atoms with E-state index in [0.29, 0.717) is 26.2 Å². The topological polar surface area (TPSA) is 104 Å². The third kappa shape index (κ3) is 2.34. The summed E-state index contributed by atoms with van der Waals surface area (Å²) in [5.74, 6) is 0.731. The zero-order chi connectivity index (χ0) is 13.1. The first kappa shape index (κ1) is 11.5. The number of hydrogen-bond acceptors (Lipinski definition) is 7. The lowest BCUT2D eigenvalue weighted by Crippen LogP contribution is -2.49. The largest absolute Gasteiger partial charge is 0.352 e. The van der Waals surface area contributed by atoms with Crippen molar-refractivity contribution in [1.82, 2.24) is 35.5 Å². The van der Waals surface area contributed by atoms with Gasteiger partial charge in [0.15, 0.2) is 0 Å². The molecule has 1 aliphatic rings. The number of aromatic nitrogens is 6. The Morgan fingerprint density at radius 2 is 2.05 bits per heavy atom. The van der Waals surface area contributed by atoms with Gasteiger partial charge in [-0.2, -0.15) is 5.21 Å². The number of amides is 1. The first-order valence-corrected chi connectivity index (χ1v) is 5.88. The van der Waals surface area contributed by atoms with Crippen molar-refractivity contribution in [2.75, 3.05) is 31.1 Å². The highest BCUT2D eigenvalue weighted by Gasteiger charge is 2.25. The number of carbonyl (C=O) groups excluding carboxylic acids is 1. The maximum absolute atomic E-state index is 12.0. The molecule has 19 heavy (non-hydrogen) atoms. The molecule has 1 N–H and O–H groups in total. The minimum absolute atomic E-state index is 0.105. The van der Waals surface area contributed by atoms with Crippen molar-refractivity contribution in [3.8, 4) is 0 Å². The molecule has 1 aliphatic heterocycles. The van der Waals surface area contributed by atoms with Crippen LogP contribution in [0.5, 0.6) is 0 Å². The number of tetrazole rings is 1. The second-order valence-corrected chi connectivity index (χ2v) is 4.08. The van der Waals surface area contributed by atoms with E-state index >= 15 is 0 Å². The molecule has 0 aliphatic carbocycles. The van der Waals surface area contributed by atoms with Gasteiger partial charge in [-0.25, -0.2) is 4.98 Å². The minimum atomic E-state index is -0.201. The van der Waals surface area contributed by atoms with Crippen molar-refractivity contribution < 1.29 is 4.79 Å². The Balaban J connectivity index is 1.62. The standard InChI is InChI=1S/C10H12N8O/c19-10(9-13-15-16-14-9)18-5-3-17(4-6-18)8-7-11-1-2-12-8/h1-2,7H,3-6H2,(H,13,14,15,16). The van der Waals surface area contributed by atoms with Crippen LogP contribution in [0.1, 0.15) is 10.6 Å². The van der Waals surface area contributed by atoms with Gasteiger partial charge < -0.3 is 9.80 Å². The number of aromatic amines is 1. The van der Waals surface area contributed by atoms with Crippen molar-refractivity contribution in [3.05, 3.63) is 24.4 Å². The fourth-order valence-electron chi connectivity index (χ4n) is 1.99. The van der Waals surface area contributed by atoms with Crippen LogP contribution in [-0.4, -0.2) is 67.6 Å². The normalized spacial score (nSPS) is 15.6. The molecule has 0 saturated carbocycles. The number of anilines is 1. The van der Waals surface area contributed by atoms with Gasteiger partial charge in [0.1, 0.15) is 5.82 Å². The third-order valence-electron chi connectivity index (χ3n) is 2.98. The molecule has 9 heteroatoms. The van der Waals surface area contributed by atoms with Gasteiger partial charge in [-0.3, -0.25) is 9.78 Å². The maximum atomic E-state index is 12.0. The molecule has 3 heterocycles. The number of rotatable bonds is 2. The Labute approximate surface area is 108 Å². The van der Waals surface area contributed by atoms with Crippen LogP contribution < -0.4 is 4.90 Å². The zero-order valence-electron chi connectivity index (χ0n) is 10.1. The van der Waals surface area contributed by atoms with Gasteiger partial charge in [0.05, 0.1) is 6.20 Å². The van der Waals surface area contributed by atoms with Crippen molar-refractivity contribution in [3.63, 3.8) is 0 Å². The average Bonchev–Trinajstić information content (AvgIpc) is 3.02. The molecular formula is C10H12N8O. The summed E-state index contributed by atoms with van der Waals surface area (Å²) < 4.78 is 0. The molecule has 3 rings (SSSR count). The van der Waals surface area contributed by atoms with Crippen LogP contribution in [0.2, 0.25) is 0 Å². The van der Waals surface area contributed by atoms with E-state index in [4.69, 9.17) is 0 Å². The monoisotopic (exact) mass is 260 g/mol. The van der Waals surface area contributed by atoms with E-state index in [1.807, 2.05) is 0 Å². The Morgan fingerprint density at radius 1 is 1.21 bits per heavy atom. The third-order valence-corrected chi connectivity index (χ3v) is 2.98. The number of hydrogen-bond donors (Lipinski definition) is 1. The maximum Gasteiger partial charge on any atom is 0.295 e. The van der Waals surface area contributed by atoms with Gasteiger partial charge in [0.25, 0.3) is 11.7 Å². The lowest BCUT2D eigenvalue weighted by atomic mass is 10.3. The lowest BCUT2D eigenvalue weighted by Gasteiger charge is -2.34. The summed E-state index contributed by atoms with van der Waals surface area (Å²) in [6.07, 6.45) is 5.02. The van der Waals surface area contributed by atoms with Gasteiger partial charge in [0.2, 0.25) is 0 Å². The van der Waals surface area contributed by atoms with Gasteiger partial charge in [-0.05, 0) is 5.21 Å². The van der Waals surface area contributed by atoms with Crippen LogP contribution in [0.3, 0.4) is 0 Å². The SMILES string of the molecule is O=C(c1nn[nH]n1)N1CCN(c2cnccn2)CC1. The van der Waals surface area contributed by atoms with Crippen molar-refractivity contribution in [2.45, 2.75) is 0 Å². The molecule has 1 amide bonds. The predicted molar refractivity (Wildman–Crippen MR) is 64.3 cm³/mol. The van der Waals surface area contributed by atoms with E-state index in [0.717, 1.165) is 5.82 Å². The highest BCUT2D eigenvalue weighted by atomic mass is 16.2. The molecular weight excluding hydrogens is 248 g/mol. The van der Waals surface area contributed by atoms with Gasteiger partial charge in [0, 0.05) is 38.6 Å². The van der Waals surface area contributed by atoms with Crippen molar-refractivity contribution in [2.24, 2.45) is 0 Å². The quantitative estimate of drug-likeness (QED) is 0.734. The summed E-state index contributed by atoms with van der Waals surface area (Å²) >= 11 is 0. The molecule has 98 valence electrons. The first-order valence-electron chi connectivity index (χ1n) is 5.88. The predicted octanol–water partition coefficient (Wildman–Crippen LogP) is -1.05. The summed E-state index contributed by atoms with van der Waals surface area (Å²) in [6.45, 7) is 2.62. The fourth-order valence-corrected chi connectivity index (χ4v) is 1.99. The van der Waals surface area contributed by atoms with Gasteiger partial charge in [-0.15, -0.1) is 10.2 Å². The molecule has 0 radical (unpaired) electrons. The number of nitrogens with one attached hydrogen (secondary N) is 1. The smallest absolute Gasteiger partial charge is 0.295 e. The molecule has 0 bridgehead atoms. The lowest BCUT2D eigenvalue weighted by molar-refractivity contribution is 0.0734. The van der Waals surface area contributed by atoms with Crippen LogP contribution >= 0.6 is 0 Å². The Bertz CT molecular complexity index is 534. The first-order chi connectivity index (χ1) is 9.34. The molecule has 0 atom stereocenters. The van der Waals surface area contributed by atoms with Crippen molar-refractivity contribution in [1.29, 1.82) is 0 Å². The van der Waals surface area contributed by atoms with E-state index in [2.05, 4.69) is 35.5 Å². The number of piperazine rings is 1. The molecule has 1 saturated heterocycles. The average molecular weight is 260 g/mol. The minimum Gasteiger partial charge on any atom is -0.352 e. The zero-order valence-corrected chi connectivity index (χ0v) is 10.1. The van der Waals surface area contributed by atoms with E-state index in [1.165, 1.54) is 0 Å². The molecule has 0 aromatic carbocycles. The number of nitrogens with zero attached hydrogens (tertiary/aromatic N) is 7. The summed E-state index contributed by atoms with van der Waals surface area (Å²) in [4.78, 5) is 24.1. The Morgan fingerprint density at radius 3 is 2.68 bits per heavy atom. The molecule has 1 fully saturated rings. The second kappa shape index (κ2) is 4.96. The fraction of sp³-hybridized carbons (Fsp3) is 0.400. The highest BCUT2D eigenvalue weighted by Crippen LogP contribution is 2.12.